The number of nitrogens with zero attached hydrogens (tertiary/aromatic N) is 1. The zero-order valence-electron chi connectivity index (χ0n) is 9.28. The van der Waals surface area contributed by atoms with Gasteiger partial charge in [-0.2, -0.15) is 5.26 Å². The molecule has 0 saturated carbocycles. The SMILES string of the molecule is COc1ccc(C(Cl)C#N)c(OC)c1OC. The Labute approximate surface area is 99.3 Å². The van der Waals surface area contributed by atoms with Gasteiger partial charge in [0.2, 0.25) is 5.75 Å². The lowest BCUT2D eigenvalue weighted by Gasteiger charge is -2.15. The summed E-state index contributed by atoms with van der Waals surface area (Å²) in [5, 5.41) is 8.01. The van der Waals surface area contributed by atoms with Gasteiger partial charge in [-0.25, -0.2) is 0 Å². The minimum Gasteiger partial charge on any atom is -0.493 e. The van der Waals surface area contributed by atoms with Gasteiger partial charge in [-0.3, -0.25) is 0 Å². The Bertz CT molecular complexity index is 414. The van der Waals surface area contributed by atoms with Crippen molar-refractivity contribution < 1.29 is 14.2 Å². The number of hydrogen-bond donors (Lipinski definition) is 0. The van der Waals surface area contributed by atoms with Crippen LogP contribution in [0.15, 0.2) is 12.1 Å². The fraction of sp³-hybridized carbons (Fsp3) is 0.364. The summed E-state index contributed by atoms with van der Waals surface area (Å²) in [6.45, 7) is 0. The zero-order valence-corrected chi connectivity index (χ0v) is 10.0. The highest BCUT2D eigenvalue weighted by Crippen LogP contribution is 2.43. The first-order valence-corrected chi connectivity index (χ1v) is 4.95. The molecule has 0 aromatic heterocycles. The average Bonchev–Trinajstić information content (AvgIpc) is 2.35. The monoisotopic (exact) mass is 241 g/mol. The van der Waals surface area contributed by atoms with Gasteiger partial charge in [-0.15, -0.1) is 11.6 Å². The lowest BCUT2D eigenvalue weighted by molar-refractivity contribution is 0.322. The van der Waals surface area contributed by atoms with Gasteiger partial charge in [0.25, 0.3) is 0 Å². The Hall–Kier alpha value is -1.60. The maximum Gasteiger partial charge on any atom is 0.203 e. The van der Waals surface area contributed by atoms with Gasteiger partial charge in [0.05, 0.1) is 27.4 Å². The van der Waals surface area contributed by atoms with E-state index in [2.05, 4.69) is 0 Å². The molecule has 5 heteroatoms. The molecule has 0 amide bonds. The van der Waals surface area contributed by atoms with Crippen LogP contribution in [0.1, 0.15) is 10.9 Å². The Morgan fingerprint density at radius 2 is 1.75 bits per heavy atom. The molecule has 1 atom stereocenters. The normalized spacial score (nSPS) is 11.4. The van der Waals surface area contributed by atoms with E-state index in [0.717, 1.165) is 0 Å². The number of halogens is 1. The van der Waals surface area contributed by atoms with E-state index in [-0.39, 0.29) is 0 Å². The maximum atomic E-state index is 8.79. The standard InChI is InChI=1S/C11H12ClNO3/c1-14-9-5-4-7(8(12)6-13)10(15-2)11(9)16-3/h4-5,8H,1-3H3. The first kappa shape index (κ1) is 12.5. The quantitative estimate of drug-likeness (QED) is 0.760. The van der Waals surface area contributed by atoms with Gasteiger partial charge in [0.15, 0.2) is 11.5 Å². The minimum absolute atomic E-state index is 0.420. The molecule has 0 aliphatic rings. The second-order valence-electron chi connectivity index (χ2n) is 2.92. The molecule has 0 radical (unpaired) electrons. The topological polar surface area (TPSA) is 51.5 Å². The third-order valence-corrected chi connectivity index (χ3v) is 2.45. The summed E-state index contributed by atoms with van der Waals surface area (Å²) < 4.78 is 15.5. The van der Waals surface area contributed by atoms with Gasteiger partial charge in [-0.05, 0) is 12.1 Å². The molecule has 0 bridgehead atoms. The Balaban J connectivity index is 3.38. The van der Waals surface area contributed by atoms with Crippen LogP contribution in [-0.2, 0) is 0 Å². The van der Waals surface area contributed by atoms with Crippen LogP contribution < -0.4 is 14.2 Å². The number of rotatable bonds is 4. The predicted molar refractivity (Wildman–Crippen MR) is 60.3 cm³/mol. The number of alkyl halides is 1. The molecular weight excluding hydrogens is 230 g/mol. The van der Waals surface area contributed by atoms with Crippen molar-refractivity contribution in [1.29, 1.82) is 5.26 Å². The molecular formula is C11H12ClNO3. The molecule has 0 fully saturated rings. The van der Waals surface area contributed by atoms with Crippen LogP contribution in [0.2, 0.25) is 0 Å². The Kier molecular flexibility index (Phi) is 4.27. The summed E-state index contributed by atoms with van der Waals surface area (Å²) in [6, 6.07) is 5.30. The van der Waals surface area contributed by atoms with Crippen LogP contribution in [0.5, 0.6) is 17.2 Å². The molecule has 4 nitrogen and oxygen atoms in total. The van der Waals surface area contributed by atoms with Crippen molar-refractivity contribution in [3.05, 3.63) is 17.7 Å². The van der Waals surface area contributed by atoms with Crippen molar-refractivity contribution in [1.82, 2.24) is 0 Å². The van der Waals surface area contributed by atoms with E-state index >= 15 is 0 Å². The van der Waals surface area contributed by atoms with Gasteiger partial charge >= 0.3 is 0 Å². The van der Waals surface area contributed by atoms with E-state index in [1.165, 1.54) is 21.3 Å². The summed E-state index contributed by atoms with van der Waals surface area (Å²) in [6.07, 6.45) is 0. The van der Waals surface area contributed by atoms with Crippen LogP contribution >= 0.6 is 11.6 Å². The van der Waals surface area contributed by atoms with Crippen molar-refractivity contribution >= 4 is 11.6 Å². The summed E-state index contributed by atoms with van der Waals surface area (Å²) in [4.78, 5) is 0. The van der Waals surface area contributed by atoms with Gasteiger partial charge in [0.1, 0.15) is 5.38 Å². The molecule has 16 heavy (non-hydrogen) atoms. The van der Waals surface area contributed by atoms with Crippen molar-refractivity contribution in [3.8, 4) is 23.3 Å². The maximum absolute atomic E-state index is 8.79. The predicted octanol–water partition coefficient (Wildman–Crippen LogP) is 2.52. The van der Waals surface area contributed by atoms with Crippen LogP contribution in [0, 0.1) is 11.3 Å². The first-order chi connectivity index (χ1) is 7.69. The first-order valence-electron chi connectivity index (χ1n) is 4.52. The molecule has 86 valence electrons. The largest absolute Gasteiger partial charge is 0.493 e. The van der Waals surface area contributed by atoms with Gasteiger partial charge < -0.3 is 14.2 Å². The molecule has 0 spiro atoms. The average molecular weight is 242 g/mol. The number of methoxy groups -OCH3 is 3. The van der Waals surface area contributed by atoms with E-state index in [4.69, 9.17) is 31.1 Å². The lowest BCUT2D eigenvalue weighted by atomic mass is 10.1. The van der Waals surface area contributed by atoms with E-state index in [9.17, 15) is 0 Å². The third kappa shape index (κ3) is 2.15. The molecule has 1 rings (SSSR count). The number of hydrogen-bond acceptors (Lipinski definition) is 4. The molecule has 0 saturated heterocycles. The molecule has 0 aliphatic carbocycles. The van der Waals surface area contributed by atoms with Crippen molar-refractivity contribution in [2.45, 2.75) is 5.38 Å². The molecule has 1 unspecified atom stereocenters. The molecule has 1 aromatic rings. The van der Waals surface area contributed by atoms with Crippen molar-refractivity contribution in [3.63, 3.8) is 0 Å². The fourth-order valence-electron chi connectivity index (χ4n) is 1.39. The second kappa shape index (κ2) is 5.47. The highest BCUT2D eigenvalue weighted by atomic mass is 35.5. The summed E-state index contributed by atoms with van der Waals surface area (Å²) in [5.41, 5.74) is 0.560. The lowest BCUT2D eigenvalue weighted by Crippen LogP contribution is -1.99. The van der Waals surface area contributed by atoms with Crippen molar-refractivity contribution in [2.24, 2.45) is 0 Å². The van der Waals surface area contributed by atoms with Crippen LogP contribution in [0.3, 0.4) is 0 Å². The smallest absolute Gasteiger partial charge is 0.203 e. The Morgan fingerprint density at radius 3 is 2.19 bits per heavy atom. The Morgan fingerprint density at radius 1 is 1.12 bits per heavy atom. The number of nitriles is 1. The molecule has 0 heterocycles. The molecule has 1 aromatic carbocycles. The van der Waals surface area contributed by atoms with Crippen molar-refractivity contribution in [2.75, 3.05) is 21.3 Å². The van der Waals surface area contributed by atoms with Gasteiger partial charge in [-0.1, -0.05) is 0 Å². The second-order valence-corrected chi connectivity index (χ2v) is 3.35. The molecule has 0 N–H and O–H groups in total. The van der Waals surface area contributed by atoms with Crippen LogP contribution in [0.25, 0.3) is 0 Å². The summed E-state index contributed by atoms with van der Waals surface area (Å²) in [7, 11) is 4.51. The van der Waals surface area contributed by atoms with Crippen LogP contribution in [0.4, 0.5) is 0 Å². The zero-order chi connectivity index (χ0) is 12.1. The number of ether oxygens (including phenoxy) is 3. The van der Waals surface area contributed by atoms with E-state index in [0.29, 0.717) is 22.8 Å². The van der Waals surface area contributed by atoms with Crippen LogP contribution in [-0.4, -0.2) is 21.3 Å². The fourth-order valence-corrected chi connectivity index (χ4v) is 1.57. The third-order valence-electron chi connectivity index (χ3n) is 2.12. The van der Waals surface area contributed by atoms with E-state index in [1.54, 1.807) is 12.1 Å². The number of benzene rings is 1. The highest BCUT2D eigenvalue weighted by molar-refractivity contribution is 6.22. The highest BCUT2D eigenvalue weighted by Gasteiger charge is 2.20. The summed E-state index contributed by atoms with van der Waals surface area (Å²) >= 11 is 5.86. The van der Waals surface area contributed by atoms with E-state index < -0.39 is 5.38 Å². The van der Waals surface area contributed by atoms with E-state index in [1.807, 2.05) is 6.07 Å². The minimum atomic E-state index is -0.783. The van der Waals surface area contributed by atoms with Gasteiger partial charge in [0, 0.05) is 5.56 Å². The summed E-state index contributed by atoms with van der Waals surface area (Å²) in [5.74, 6) is 1.39. The molecule has 0 aliphatic heterocycles.